The quantitative estimate of drug-likeness (QED) is 0.829. The Hall–Kier alpha value is -3.23. The molecule has 1 N–H and O–H groups in total. The lowest BCUT2D eigenvalue weighted by atomic mass is 10.1. The molecule has 3 heterocycles. The summed E-state index contributed by atoms with van der Waals surface area (Å²) < 4.78 is 17.8. The van der Waals surface area contributed by atoms with Crippen LogP contribution in [0.5, 0.6) is 11.5 Å². The van der Waals surface area contributed by atoms with Gasteiger partial charge in [-0.15, -0.1) is 0 Å². The molecule has 0 saturated carbocycles. The summed E-state index contributed by atoms with van der Waals surface area (Å²) >= 11 is 0. The maximum atomic E-state index is 12.9. The fourth-order valence-corrected chi connectivity index (χ4v) is 3.58. The van der Waals surface area contributed by atoms with E-state index < -0.39 is 5.60 Å². The van der Waals surface area contributed by atoms with Crippen LogP contribution in [0.25, 0.3) is 0 Å². The standard InChI is InChI=1S/C21H26N4O5/c1-21(2,3)30-20(27)25-8-7-15-14(11-25)18(24(4)23-15)19(26)22-10-13-5-6-16-17(9-13)29-12-28-16/h5-6,9H,7-8,10-12H2,1-4H3,(H,22,26). The Bertz CT molecular complexity index is 992. The average molecular weight is 414 g/mol. The number of benzene rings is 1. The molecule has 1 aromatic carbocycles. The first-order chi connectivity index (χ1) is 14.2. The van der Waals surface area contributed by atoms with Gasteiger partial charge >= 0.3 is 6.09 Å². The molecule has 0 spiro atoms. The van der Waals surface area contributed by atoms with Gasteiger partial charge in [0.25, 0.3) is 5.91 Å². The molecule has 2 aliphatic heterocycles. The predicted octanol–water partition coefficient (Wildman–Crippen LogP) is 2.37. The van der Waals surface area contributed by atoms with Crippen molar-refractivity contribution in [2.45, 2.75) is 45.9 Å². The SMILES string of the molecule is Cn1nc2c(c1C(=O)NCc1ccc3c(c1)OCO3)CN(C(=O)OC(C)(C)C)CC2. The molecule has 4 rings (SSSR count). The molecule has 0 radical (unpaired) electrons. The molecule has 2 aromatic rings. The lowest BCUT2D eigenvalue weighted by Crippen LogP contribution is -2.40. The van der Waals surface area contributed by atoms with Crippen molar-refractivity contribution in [2.75, 3.05) is 13.3 Å². The Labute approximate surface area is 174 Å². The van der Waals surface area contributed by atoms with Gasteiger partial charge in [0.05, 0.1) is 12.2 Å². The van der Waals surface area contributed by atoms with Crippen molar-refractivity contribution in [3.8, 4) is 11.5 Å². The number of nitrogens with zero attached hydrogens (tertiary/aromatic N) is 3. The number of carbonyl (C=O) groups is 2. The molecule has 30 heavy (non-hydrogen) atoms. The number of amides is 2. The van der Waals surface area contributed by atoms with Crippen LogP contribution in [0.2, 0.25) is 0 Å². The molecular weight excluding hydrogens is 388 g/mol. The summed E-state index contributed by atoms with van der Waals surface area (Å²) in [6.45, 7) is 6.85. The number of carbonyl (C=O) groups excluding carboxylic acids is 2. The second-order valence-electron chi connectivity index (χ2n) is 8.42. The van der Waals surface area contributed by atoms with Gasteiger partial charge in [0.2, 0.25) is 6.79 Å². The number of ether oxygens (including phenoxy) is 3. The average Bonchev–Trinajstić information content (AvgIpc) is 3.26. The number of fused-ring (bicyclic) bond motifs is 2. The monoisotopic (exact) mass is 414 g/mol. The third-order valence-corrected chi connectivity index (χ3v) is 4.95. The molecule has 2 amide bonds. The zero-order valence-corrected chi connectivity index (χ0v) is 17.7. The van der Waals surface area contributed by atoms with Crippen LogP contribution in [0, 0.1) is 0 Å². The van der Waals surface area contributed by atoms with Gasteiger partial charge in [0.1, 0.15) is 11.3 Å². The van der Waals surface area contributed by atoms with E-state index in [-0.39, 0.29) is 18.8 Å². The second kappa shape index (κ2) is 7.55. The summed E-state index contributed by atoms with van der Waals surface area (Å²) in [5.74, 6) is 1.13. The highest BCUT2D eigenvalue weighted by molar-refractivity contribution is 5.94. The van der Waals surface area contributed by atoms with Crippen molar-refractivity contribution in [1.29, 1.82) is 0 Å². The summed E-state index contributed by atoms with van der Waals surface area (Å²) in [5, 5.41) is 7.42. The molecule has 0 unspecified atom stereocenters. The predicted molar refractivity (Wildman–Crippen MR) is 107 cm³/mol. The highest BCUT2D eigenvalue weighted by atomic mass is 16.7. The lowest BCUT2D eigenvalue weighted by Gasteiger charge is -2.29. The molecule has 9 nitrogen and oxygen atoms in total. The van der Waals surface area contributed by atoms with Gasteiger partial charge < -0.3 is 24.4 Å². The Morgan fingerprint density at radius 2 is 2.00 bits per heavy atom. The van der Waals surface area contributed by atoms with Crippen molar-refractivity contribution in [2.24, 2.45) is 7.05 Å². The van der Waals surface area contributed by atoms with Crippen LogP contribution >= 0.6 is 0 Å². The lowest BCUT2D eigenvalue weighted by molar-refractivity contribution is 0.0222. The number of rotatable bonds is 3. The van der Waals surface area contributed by atoms with E-state index in [0.717, 1.165) is 16.8 Å². The molecular formula is C21H26N4O5. The maximum Gasteiger partial charge on any atom is 0.410 e. The molecule has 160 valence electrons. The van der Waals surface area contributed by atoms with Crippen LogP contribution in [0.4, 0.5) is 4.79 Å². The number of hydrogen-bond acceptors (Lipinski definition) is 6. The zero-order valence-electron chi connectivity index (χ0n) is 17.7. The number of nitrogens with one attached hydrogen (secondary N) is 1. The molecule has 0 aliphatic carbocycles. The van der Waals surface area contributed by atoms with E-state index in [4.69, 9.17) is 14.2 Å². The van der Waals surface area contributed by atoms with E-state index in [1.165, 1.54) is 0 Å². The number of aromatic nitrogens is 2. The first-order valence-corrected chi connectivity index (χ1v) is 9.90. The minimum atomic E-state index is -0.572. The van der Waals surface area contributed by atoms with Crippen LogP contribution in [-0.2, 0) is 31.3 Å². The van der Waals surface area contributed by atoms with Crippen molar-refractivity contribution in [3.63, 3.8) is 0 Å². The molecule has 0 saturated heterocycles. The Balaban J connectivity index is 1.47. The van der Waals surface area contributed by atoms with Gasteiger partial charge in [-0.2, -0.15) is 5.10 Å². The van der Waals surface area contributed by atoms with Crippen molar-refractivity contribution >= 4 is 12.0 Å². The van der Waals surface area contributed by atoms with Crippen molar-refractivity contribution in [3.05, 3.63) is 40.7 Å². The molecule has 2 aliphatic rings. The summed E-state index contributed by atoms with van der Waals surface area (Å²) in [4.78, 5) is 27.0. The summed E-state index contributed by atoms with van der Waals surface area (Å²) in [6, 6.07) is 5.57. The van der Waals surface area contributed by atoms with Crippen molar-refractivity contribution < 1.29 is 23.8 Å². The van der Waals surface area contributed by atoms with Crippen LogP contribution in [0.3, 0.4) is 0 Å². The first kappa shape index (κ1) is 20.1. The summed E-state index contributed by atoms with van der Waals surface area (Å²) in [5.41, 5.74) is 2.39. The van der Waals surface area contributed by atoms with Crippen molar-refractivity contribution in [1.82, 2.24) is 20.0 Å². The fourth-order valence-electron chi connectivity index (χ4n) is 3.58. The van der Waals surface area contributed by atoms with Crippen LogP contribution in [0.1, 0.15) is 48.1 Å². The highest BCUT2D eigenvalue weighted by Gasteiger charge is 2.31. The first-order valence-electron chi connectivity index (χ1n) is 9.90. The van der Waals surface area contributed by atoms with E-state index in [1.54, 1.807) is 16.6 Å². The minimum absolute atomic E-state index is 0.209. The molecule has 0 bridgehead atoms. The minimum Gasteiger partial charge on any atom is -0.454 e. The number of aryl methyl sites for hydroxylation is 1. The van der Waals surface area contributed by atoms with Crippen LogP contribution in [0.15, 0.2) is 18.2 Å². The normalized spacial score (nSPS) is 15.0. The van der Waals surface area contributed by atoms with E-state index in [1.807, 2.05) is 39.0 Å². The topological polar surface area (TPSA) is 94.9 Å². The largest absolute Gasteiger partial charge is 0.454 e. The van der Waals surface area contributed by atoms with Crippen LogP contribution < -0.4 is 14.8 Å². The Morgan fingerprint density at radius 3 is 2.77 bits per heavy atom. The van der Waals surface area contributed by atoms with E-state index >= 15 is 0 Å². The number of hydrogen-bond donors (Lipinski definition) is 1. The van der Waals surface area contributed by atoms with E-state index in [9.17, 15) is 9.59 Å². The fraction of sp³-hybridized carbons (Fsp3) is 0.476. The Kier molecular flexibility index (Phi) is 5.05. The molecule has 0 fully saturated rings. The van der Waals surface area contributed by atoms with Crippen LogP contribution in [-0.4, -0.2) is 45.6 Å². The Morgan fingerprint density at radius 1 is 1.23 bits per heavy atom. The summed E-state index contributed by atoms with van der Waals surface area (Å²) in [7, 11) is 1.74. The smallest absolute Gasteiger partial charge is 0.410 e. The zero-order chi connectivity index (χ0) is 21.5. The summed E-state index contributed by atoms with van der Waals surface area (Å²) in [6.07, 6.45) is 0.196. The van der Waals surface area contributed by atoms with Gasteiger partial charge in [-0.3, -0.25) is 9.48 Å². The van der Waals surface area contributed by atoms with Gasteiger partial charge in [0.15, 0.2) is 11.5 Å². The van der Waals surface area contributed by atoms with Gasteiger partial charge in [-0.05, 0) is 38.5 Å². The van der Waals surface area contributed by atoms with Gasteiger partial charge in [-0.1, -0.05) is 6.07 Å². The third-order valence-electron chi connectivity index (χ3n) is 4.95. The van der Waals surface area contributed by atoms with Gasteiger partial charge in [-0.25, -0.2) is 4.79 Å². The molecule has 0 atom stereocenters. The van der Waals surface area contributed by atoms with E-state index in [0.29, 0.717) is 43.2 Å². The highest BCUT2D eigenvalue weighted by Crippen LogP contribution is 2.32. The molecule has 9 heteroatoms. The third kappa shape index (κ3) is 4.05. The van der Waals surface area contributed by atoms with Gasteiger partial charge in [0, 0.05) is 32.1 Å². The maximum absolute atomic E-state index is 12.9. The van der Waals surface area contributed by atoms with E-state index in [2.05, 4.69) is 10.4 Å². The molecule has 1 aromatic heterocycles. The second-order valence-corrected chi connectivity index (χ2v) is 8.42.